The van der Waals surface area contributed by atoms with Crippen molar-refractivity contribution >= 4 is 5.91 Å². The molecule has 4 N–H and O–H groups in total. The molecule has 0 saturated heterocycles. The van der Waals surface area contributed by atoms with Crippen molar-refractivity contribution in [2.45, 2.75) is 25.0 Å². The molecule has 0 saturated carbocycles. The van der Waals surface area contributed by atoms with Crippen LogP contribution in [0, 0.1) is 0 Å². The molecule has 2 unspecified atom stereocenters. The van der Waals surface area contributed by atoms with E-state index >= 15 is 0 Å². The van der Waals surface area contributed by atoms with E-state index in [1.807, 2.05) is 60.7 Å². The summed E-state index contributed by atoms with van der Waals surface area (Å²) >= 11 is 0. The van der Waals surface area contributed by atoms with E-state index in [1.54, 1.807) is 0 Å². The zero-order chi connectivity index (χ0) is 15.8. The number of rotatable bonds is 7. The summed E-state index contributed by atoms with van der Waals surface area (Å²) in [5.41, 5.74) is 8.07. The number of nitrogens with one attached hydrogen (secondary N) is 1. The predicted molar refractivity (Wildman–Crippen MR) is 87.3 cm³/mol. The average Bonchev–Trinajstić information content (AvgIpc) is 2.56. The molecule has 0 aliphatic heterocycles. The molecule has 4 nitrogen and oxygen atoms in total. The van der Waals surface area contributed by atoms with E-state index in [1.165, 1.54) is 0 Å². The molecule has 2 rings (SSSR count). The van der Waals surface area contributed by atoms with Gasteiger partial charge in [-0.2, -0.15) is 0 Å². The Morgan fingerprint density at radius 3 is 2.14 bits per heavy atom. The van der Waals surface area contributed by atoms with Crippen LogP contribution in [0.2, 0.25) is 0 Å². The number of carbonyl (C=O) groups excluding carboxylic acids is 1. The van der Waals surface area contributed by atoms with Gasteiger partial charge in [-0.15, -0.1) is 0 Å². The van der Waals surface area contributed by atoms with E-state index < -0.39 is 18.1 Å². The lowest BCUT2D eigenvalue weighted by molar-refractivity contribution is -0.130. The van der Waals surface area contributed by atoms with Crippen LogP contribution in [0.3, 0.4) is 0 Å². The van der Waals surface area contributed by atoms with E-state index in [0.29, 0.717) is 13.0 Å². The summed E-state index contributed by atoms with van der Waals surface area (Å²) in [6.07, 6.45) is -0.00240. The molecule has 1 amide bonds. The quantitative estimate of drug-likeness (QED) is 0.721. The predicted octanol–water partition coefficient (Wildman–Crippen LogP) is 1.28. The minimum atomic E-state index is -1.20. The first-order chi connectivity index (χ1) is 10.7. The third-order valence-corrected chi connectivity index (χ3v) is 3.54. The van der Waals surface area contributed by atoms with Crippen molar-refractivity contribution in [1.82, 2.24) is 5.32 Å². The summed E-state index contributed by atoms with van der Waals surface area (Å²) in [6, 6.07) is 18.9. The van der Waals surface area contributed by atoms with Gasteiger partial charge in [-0.05, 0) is 24.0 Å². The third-order valence-electron chi connectivity index (χ3n) is 3.54. The molecule has 0 bridgehead atoms. The van der Waals surface area contributed by atoms with Crippen LogP contribution in [-0.2, 0) is 17.6 Å². The third kappa shape index (κ3) is 4.98. The Hall–Kier alpha value is -2.17. The van der Waals surface area contributed by atoms with Gasteiger partial charge in [-0.25, -0.2) is 0 Å². The van der Waals surface area contributed by atoms with Crippen molar-refractivity contribution in [3.8, 4) is 0 Å². The van der Waals surface area contributed by atoms with Crippen LogP contribution in [0.5, 0.6) is 0 Å². The maximum atomic E-state index is 11.9. The lowest BCUT2D eigenvalue weighted by atomic mass is 10.0. The fourth-order valence-electron chi connectivity index (χ4n) is 2.27. The Balaban J connectivity index is 1.76. The van der Waals surface area contributed by atoms with Crippen molar-refractivity contribution in [1.29, 1.82) is 0 Å². The highest BCUT2D eigenvalue weighted by Gasteiger charge is 2.22. The van der Waals surface area contributed by atoms with Crippen LogP contribution in [0.15, 0.2) is 60.7 Å². The minimum absolute atomic E-state index is 0.417. The number of nitrogens with two attached hydrogens (primary N) is 1. The van der Waals surface area contributed by atoms with Gasteiger partial charge in [0.15, 0.2) is 0 Å². The first kappa shape index (κ1) is 16.2. The molecule has 0 aliphatic carbocycles. The molecule has 116 valence electrons. The first-order valence-corrected chi connectivity index (χ1v) is 7.46. The second-order valence-electron chi connectivity index (χ2n) is 5.33. The molecule has 22 heavy (non-hydrogen) atoms. The molecule has 0 radical (unpaired) electrons. The highest BCUT2D eigenvalue weighted by Crippen LogP contribution is 2.05. The second-order valence-corrected chi connectivity index (χ2v) is 5.33. The molecule has 0 aromatic heterocycles. The van der Waals surface area contributed by atoms with Gasteiger partial charge in [0, 0.05) is 12.6 Å². The maximum Gasteiger partial charge on any atom is 0.250 e. The molecule has 0 spiro atoms. The van der Waals surface area contributed by atoms with E-state index in [-0.39, 0.29) is 0 Å². The lowest BCUT2D eigenvalue weighted by Crippen LogP contribution is -2.47. The Morgan fingerprint density at radius 2 is 1.55 bits per heavy atom. The summed E-state index contributed by atoms with van der Waals surface area (Å²) in [4.78, 5) is 11.9. The van der Waals surface area contributed by atoms with Crippen LogP contribution in [0.25, 0.3) is 0 Å². The van der Waals surface area contributed by atoms with Gasteiger partial charge in [0.1, 0.15) is 6.10 Å². The molecule has 2 aromatic rings. The molecule has 0 aliphatic rings. The topological polar surface area (TPSA) is 75.3 Å². The summed E-state index contributed by atoms with van der Waals surface area (Å²) < 4.78 is 0. The van der Waals surface area contributed by atoms with Gasteiger partial charge in [-0.3, -0.25) is 4.79 Å². The van der Waals surface area contributed by atoms with Crippen molar-refractivity contribution < 1.29 is 9.90 Å². The number of hydrogen-bond acceptors (Lipinski definition) is 3. The molecular formula is C18H22N2O2. The van der Waals surface area contributed by atoms with Crippen molar-refractivity contribution in [3.63, 3.8) is 0 Å². The minimum Gasteiger partial charge on any atom is -0.382 e. The molecule has 4 heteroatoms. The van der Waals surface area contributed by atoms with Crippen LogP contribution >= 0.6 is 0 Å². The number of aliphatic hydroxyl groups excluding tert-OH is 1. The monoisotopic (exact) mass is 298 g/mol. The maximum absolute atomic E-state index is 11.9. The Morgan fingerprint density at radius 1 is 1.00 bits per heavy atom. The largest absolute Gasteiger partial charge is 0.382 e. The molecule has 0 fully saturated rings. The van der Waals surface area contributed by atoms with E-state index in [4.69, 9.17) is 5.73 Å². The molecule has 2 atom stereocenters. The number of carbonyl (C=O) groups is 1. The number of amides is 1. The normalized spacial score (nSPS) is 13.4. The van der Waals surface area contributed by atoms with Gasteiger partial charge in [-0.1, -0.05) is 60.7 Å². The fraction of sp³-hybridized carbons (Fsp3) is 0.278. The van der Waals surface area contributed by atoms with Crippen LogP contribution in [-0.4, -0.2) is 29.7 Å². The van der Waals surface area contributed by atoms with Crippen LogP contribution < -0.4 is 11.1 Å². The summed E-state index contributed by atoms with van der Waals surface area (Å²) in [5, 5.41) is 12.7. The first-order valence-electron chi connectivity index (χ1n) is 7.46. The average molecular weight is 298 g/mol. The van der Waals surface area contributed by atoms with Gasteiger partial charge in [0.25, 0.3) is 0 Å². The van der Waals surface area contributed by atoms with E-state index in [9.17, 15) is 9.90 Å². The zero-order valence-electron chi connectivity index (χ0n) is 12.5. The van der Waals surface area contributed by atoms with Gasteiger partial charge in [0.05, 0.1) is 0 Å². The van der Waals surface area contributed by atoms with Gasteiger partial charge in [0.2, 0.25) is 5.91 Å². The van der Waals surface area contributed by atoms with Gasteiger partial charge < -0.3 is 16.2 Å². The van der Waals surface area contributed by atoms with Crippen molar-refractivity contribution in [2.75, 3.05) is 6.54 Å². The number of aliphatic hydroxyl groups is 1. The highest BCUT2D eigenvalue weighted by molar-refractivity contribution is 5.81. The summed E-state index contributed by atoms with van der Waals surface area (Å²) in [5.74, 6) is -0.417. The standard InChI is InChI=1S/C18H22N2O2/c19-16(13-15-9-5-2-6-10-15)17(21)18(22)20-12-11-14-7-3-1-4-8-14/h1-10,16-17,21H,11-13,19H2,(H,20,22). The molecule has 2 aromatic carbocycles. The number of benzene rings is 2. The fourth-order valence-corrected chi connectivity index (χ4v) is 2.27. The van der Waals surface area contributed by atoms with E-state index in [2.05, 4.69) is 5.32 Å². The smallest absolute Gasteiger partial charge is 0.250 e. The summed E-state index contributed by atoms with van der Waals surface area (Å²) in [6.45, 7) is 0.484. The lowest BCUT2D eigenvalue weighted by Gasteiger charge is -2.18. The van der Waals surface area contributed by atoms with E-state index in [0.717, 1.165) is 17.5 Å². The Bertz CT molecular complexity index is 572. The van der Waals surface area contributed by atoms with Crippen LogP contribution in [0.1, 0.15) is 11.1 Å². The number of hydrogen-bond donors (Lipinski definition) is 3. The second kappa shape index (κ2) is 8.32. The Labute approximate surface area is 131 Å². The van der Waals surface area contributed by atoms with Crippen molar-refractivity contribution in [2.24, 2.45) is 5.73 Å². The van der Waals surface area contributed by atoms with Crippen LogP contribution in [0.4, 0.5) is 0 Å². The SMILES string of the molecule is NC(Cc1ccccc1)C(O)C(=O)NCCc1ccccc1. The van der Waals surface area contributed by atoms with Crippen molar-refractivity contribution in [3.05, 3.63) is 71.8 Å². The zero-order valence-corrected chi connectivity index (χ0v) is 12.5. The Kier molecular flexibility index (Phi) is 6.13. The molecule has 0 heterocycles. The van der Waals surface area contributed by atoms with Gasteiger partial charge >= 0.3 is 0 Å². The molecular weight excluding hydrogens is 276 g/mol. The summed E-state index contributed by atoms with van der Waals surface area (Å²) in [7, 11) is 0. The highest BCUT2D eigenvalue weighted by atomic mass is 16.3.